The Labute approximate surface area is 108 Å². The van der Waals surface area contributed by atoms with Crippen molar-refractivity contribution in [2.24, 2.45) is 0 Å². The number of nitro groups is 1. The Morgan fingerprint density at radius 2 is 2.12 bits per heavy atom. The van der Waals surface area contributed by atoms with Crippen LogP contribution in [0.25, 0.3) is 0 Å². The van der Waals surface area contributed by atoms with E-state index >= 15 is 0 Å². The van der Waals surface area contributed by atoms with Gasteiger partial charge in [0.25, 0.3) is 5.69 Å². The summed E-state index contributed by atoms with van der Waals surface area (Å²) in [7, 11) is 0. The van der Waals surface area contributed by atoms with Gasteiger partial charge in [-0.15, -0.1) is 0 Å². The molecule has 0 heterocycles. The number of ether oxygens (including phenoxy) is 1. The van der Waals surface area contributed by atoms with Crippen LogP contribution in [0.2, 0.25) is 0 Å². The Morgan fingerprint density at radius 1 is 1.53 bits per heavy atom. The molecule has 0 unspecified atom stereocenters. The number of alkyl halides is 2. The van der Waals surface area contributed by atoms with Gasteiger partial charge in [-0.2, -0.15) is 8.78 Å². The van der Waals surface area contributed by atoms with Crippen LogP contribution in [-0.4, -0.2) is 17.3 Å². The molecule has 0 radical (unpaired) electrons. The SMILES string of the molecule is CC(=O)c1c([N+](=O)[O-])ccc(OC(F)F)c1I. The Kier molecular flexibility index (Phi) is 4.32. The van der Waals surface area contributed by atoms with Gasteiger partial charge in [0.15, 0.2) is 5.78 Å². The van der Waals surface area contributed by atoms with Gasteiger partial charge in [0.1, 0.15) is 11.3 Å². The minimum absolute atomic E-state index is 0.00426. The Bertz CT molecular complexity index is 478. The third-order valence-electron chi connectivity index (χ3n) is 1.85. The highest BCUT2D eigenvalue weighted by Gasteiger charge is 2.24. The van der Waals surface area contributed by atoms with Gasteiger partial charge in [0, 0.05) is 6.07 Å². The second kappa shape index (κ2) is 5.34. The highest BCUT2D eigenvalue weighted by molar-refractivity contribution is 14.1. The lowest BCUT2D eigenvalue weighted by molar-refractivity contribution is -0.385. The summed E-state index contributed by atoms with van der Waals surface area (Å²) in [6.07, 6.45) is 0. The van der Waals surface area contributed by atoms with Crippen molar-refractivity contribution < 1.29 is 23.2 Å². The van der Waals surface area contributed by atoms with Gasteiger partial charge in [-0.1, -0.05) is 0 Å². The lowest BCUT2D eigenvalue weighted by atomic mass is 10.1. The zero-order chi connectivity index (χ0) is 13.2. The van der Waals surface area contributed by atoms with Crippen LogP contribution in [0.5, 0.6) is 5.75 Å². The lowest BCUT2D eigenvalue weighted by Crippen LogP contribution is -2.08. The van der Waals surface area contributed by atoms with Gasteiger partial charge < -0.3 is 4.74 Å². The van der Waals surface area contributed by atoms with Crippen LogP contribution in [0.1, 0.15) is 17.3 Å². The van der Waals surface area contributed by atoms with Gasteiger partial charge >= 0.3 is 6.61 Å². The maximum absolute atomic E-state index is 12.0. The maximum Gasteiger partial charge on any atom is 0.387 e. The second-order valence-corrected chi connectivity index (χ2v) is 4.04. The number of ketones is 1. The molecule has 1 aromatic rings. The molecule has 0 bridgehead atoms. The number of hydrogen-bond donors (Lipinski definition) is 0. The van der Waals surface area contributed by atoms with E-state index in [9.17, 15) is 23.7 Å². The largest absolute Gasteiger partial charge is 0.434 e. The van der Waals surface area contributed by atoms with Crippen molar-refractivity contribution in [3.8, 4) is 5.75 Å². The third-order valence-corrected chi connectivity index (χ3v) is 2.92. The van der Waals surface area contributed by atoms with Gasteiger partial charge in [-0.05, 0) is 35.6 Å². The summed E-state index contributed by atoms with van der Waals surface area (Å²) in [5.41, 5.74) is -0.655. The first-order valence-electron chi connectivity index (χ1n) is 4.27. The molecule has 1 rings (SSSR count). The van der Waals surface area contributed by atoms with E-state index in [0.717, 1.165) is 19.1 Å². The summed E-state index contributed by atoms with van der Waals surface area (Å²) >= 11 is 1.56. The summed E-state index contributed by atoms with van der Waals surface area (Å²) in [5, 5.41) is 10.7. The molecule has 1 aromatic carbocycles. The summed E-state index contributed by atoms with van der Waals surface area (Å²) in [5.74, 6) is -0.836. The smallest absolute Gasteiger partial charge is 0.387 e. The van der Waals surface area contributed by atoms with Crippen molar-refractivity contribution in [3.63, 3.8) is 0 Å². The number of carbonyl (C=O) groups excluding carboxylic acids is 1. The van der Waals surface area contributed by atoms with E-state index in [1.165, 1.54) is 0 Å². The molecule has 0 aromatic heterocycles. The summed E-state index contributed by atoms with van der Waals surface area (Å²) in [6.45, 7) is -1.93. The van der Waals surface area contributed by atoms with Crippen molar-refractivity contribution in [2.45, 2.75) is 13.5 Å². The van der Waals surface area contributed by atoms with Crippen LogP contribution >= 0.6 is 22.6 Å². The van der Waals surface area contributed by atoms with E-state index in [2.05, 4.69) is 4.74 Å². The second-order valence-electron chi connectivity index (χ2n) is 2.96. The maximum atomic E-state index is 12.0. The molecular weight excluding hydrogens is 351 g/mol. The normalized spacial score (nSPS) is 10.4. The van der Waals surface area contributed by atoms with Crippen LogP contribution in [0.4, 0.5) is 14.5 Å². The number of benzene rings is 1. The number of halogens is 3. The van der Waals surface area contributed by atoms with E-state index in [0.29, 0.717) is 0 Å². The third kappa shape index (κ3) is 3.08. The molecule has 5 nitrogen and oxygen atoms in total. The number of rotatable bonds is 4. The molecule has 0 aliphatic rings. The average Bonchev–Trinajstić information content (AvgIpc) is 2.19. The summed E-state index contributed by atoms with van der Waals surface area (Å²) in [4.78, 5) is 21.2. The van der Waals surface area contributed by atoms with Crippen LogP contribution in [-0.2, 0) is 0 Å². The minimum Gasteiger partial charge on any atom is -0.434 e. The summed E-state index contributed by atoms with van der Waals surface area (Å²) in [6, 6.07) is 2.01. The fourth-order valence-corrected chi connectivity index (χ4v) is 2.18. The molecule has 0 aliphatic carbocycles. The van der Waals surface area contributed by atoms with Crippen LogP contribution in [0.3, 0.4) is 0 Å². The predicted octanol–water partition coefficient (Wildman–Crippen LogP) is 3.00. The van der Waals surface area contributed by atoms with Gasteiger partial charge in [-0.25, -0.2) is 0 Å². The zero-order valence-electron chi connectivity index (χ0n) is 8.45. The van der Waals surface area contributed by atoms with E-state index < -0.39 is 23.0 Å². The number of nitrogens with zero attached hydrogens (tertiary/aromatic N) is 1. The molecular formula is C9H6F2INO4. The van der Waals surface area contributed by atoms with Crippen molar-refractivity contribution >= 4 is 34.1 Å². The molecule has 0 fully saturated rings. The predicted molar refractivity (Wildman–Crippen MR) is 62.4 cm³/mol. The molecule has 0 N–H and O–H groups in total. The van der Waals surface area contributed by atoms with E-state index in [-0.39, 0.29) is 14.9 Å². The Morgan fingerprint density at radius 3 is 2.53 bits per heavy atom. The zero-order valence-corrected chi connectivity index (χ0v) is 10.6. The Hall–Kier alpha value is -1.32. The molecule has 0 spiro atoms. The topological polar surface area (TPSA) is 69.4 Å². The van der Waals surface area contributed by atoms with Gasteiger partial charge in [0.2, 0.25) is 0 Å². The first-order chi connectivity index (χ1) is 7.84. The van der Waals surface area contributed by atoms with Crippen molar-refractivity contribution in [1.29, 1.82) is 0 Å². The van der Waals surface area contributed by atoms with E-state index in [4.69, 9.17) is 0 Å². The molecule has 0 amide bonds. The standard InChI is InChI=1S/C9H6F2INO4/c1-4(14)7-5(13(15)16)2-3-6(8(7)12)17-9(10)11/h2-3,9H,1H3. The van der Waals surface area contributed by atoms with Gasteiger partial charge in [-0.3, -0.25) is 14.9 Å². The van der Waals surface area contributed by atoms with Crippen molar-refractivity contribution in [1.82, 2.24) is 0 Å². The van der Waals surface area contributed by atoms with Crippen LogP contribution < -0.4 is 4.74 Å². The Balaban J connectivity index is 3.38. The van der Waals surface area contributed by atoms with Crippen LogP contribution in [0, 0.1) is 13.7 Å². The molecule has 0 saturated heterocycles. The molecule has 0 aliphatic heterocycles. The quantitative estimate of drug-likeness (QED) is 0.360. The average molecular weight is 357 g/mol. The fourth-order valence-electron chi connectivity index (χ4n) is 1.22. The van der Waals surface area contributed by atoms with E-state index in [1.54, 1.807) is 22.6 Å². The number of nitro benzene ring substituents is 1. The first-order valence-corrected chi connectivity index (χ1v) is 5.35. The molecule has 0 saturated carbocycles. The molecule has 17 heavy (non-hydrogen) atoms. The van der Waals surface area contributed by atoms with Crippen LogP contribution in [0.15, 0.2) is 12.1 Å². The molecule has 0 atom stereocenters. The fraction of sp³-hybridized carbons (Fsp3) is 0.222. The van der Waals surface area contributed by atoms with Gasteiger partial charge in [0.05, 0.1) is 8.49 Å². The number of hydrogen-bond acceptors (Lipinski definition) is 4. The number of carbonyl (C=O) groups is 1. The lowest BCUT2D eigenvalue weighted by Gasteiger charge is -2.09. The van der Waals surface area contributed by atoms with E-state index in [1.807, 2.05) is 0 Å². The molecule has 8 heteroatoms. The molecule has 92 valence electrons. The number of Topliss-reactive ketones (excluding diaryl/α,β-unsaturated/α-hetero) is 1. The monoisotopic (exact) mass is 357 g/mol. The summed E-state index contributed by atoms with van der Waals surface area (Å²) < 4.78 is 28.3. The highest BCUT2D eigenvalue weighted by Crippen LogP contribution is 2.32. The first kappa shape index (κ1) is 13.7. The van der Waals surface area contributed by atoms with Crippen molar-refractivity contribution in [3.05, 3.63) is 31.4 Å². The van der Waals surface area contributed by atoms with Crippen molar-refractivity contribution in [2.75, 3.05) is 0 Å². The highest BCUT2D eigenvalue weighted by atomic mass is 127. The minimum atomic E-state index is -3.05.